The highest BCUT2D eigenvalue weighted by Gasteiger charge is 1.95. The van der Waals surface area contributed by atoms with E-state index >= 15 is 0 Å². The van der Waals surface area contributed by atoms with Gasteiger partial charge in [0.1, 0.15) is 0 Å². The lowest BCUT2D eigenvalue weighted by atomic mass is 10.2. The maximum absolute atomic E-state index is 5.12. The molecule has 0 spiro atoms. The molecule has 1 N–H and O–H groups in total. The van der Waals surface area contributed by atoms with Gasteiger partial charge < -0.3 is 14.6 Å². The molecule has 0 saturated carbocycles. The third-order valence-electron chi connectivity index (χ3n) is 2.72. The standard InChI is InChI=1S/C14H19N3O/c1-18-11-13-4-2-5-14(10-13)16-6-3-8-17-9-7-15-12-17/h2,4-5,7,9-10,12,16H,3,6,8,11H2,1H3. The molecule has 4 heteroatoms. The molecule has 0 aliphatic carbocycles. The molecule has 0 amide bonds. The first-order valence-corrected chi connectivity index (χ1v) is 6.16. The predicted octanol–water partition coefficient (Wildman–Crippen LogP) is 2.53. The molecule has 0 aliphatic heterocycles. The molecule has 0 aliphatic rings. The highest BCUT2D eigenvalue weighted by Crippen LogP contribution is 2.11. The van der Waals surface area contributed by atoms with Crippen LogP contribution >= 0.6 is 0 Å². The number of nitrogens with zero attached hydrogens (tertiary/aromatic N) is 2. The second kappa shape index (κ2) is 6.81. The van der Waals surface area contributed by atoms with Crippen LogP contribution in [0.5, 0.6) is 0 Å². The second-order valence-corrected chi connectivity index (χ2v) is 4.21. The Hall–Kier alpha value is -1.81. The quantitative estimate of drug-likeness (QED) is 0.762. The first kappa shape index (κ1) is 12.6. The molecule has 2 rings (SSSR count). The molecule has 0 atom stereocenters. The summed E-state index contributed by atoms with van der Waals surface area (Å²) in [5.74, 6) is 0. The van der Waals surface area contributed by atoms with Crippen LogP contribution in [0.15, 0.2) is 43.0 Å². The lowest BCUT2D eigenvalue weighted by molar-refractivity contribution is 0.185. The van der Waals surface area contributed by atoms with Crippen LogP contribution in [0.2, 0.25) is 0 Å². The third kappa shape index (κ3) is 3.89. The number of aromatic nitrogens is 2. The summed E-state index contributed by atoms with van der Waals surface area (Å²) in [5.41, 5.74) is 2.34. The number of aryl methyl sites for hydroxylation is 1. The van der Waals surface area contributed by atoms with Crippen molar-refractivity contribution in [1.82, 2.24) is 9.55 Å². The first-order valence-electron chi connectivity index (χ1n) is 6.16. The van der Waals surface area contributed by atoms with Crippen molar-refractivity contribution < 1.29 is 4.74 Å². The number of hydrogen-bond donors (Lipinski definition) is 1. The minimum absolute atomic E-state index is 0.657. The molecule has 0 bridgehead atoms. The highest BCUT2D eigenvalue weighted by molar-refractivity contribution is 5.45. The molecule has 2 aromatic rings. The molecule has 0 unspecified atom stereocenters. The van der Waals surface area contributed by atoms with Crippen LogP contribution < -0.4 is 5.32 Å². The van der Waals surface area contributed by atoms with E-state index in [1.165, 1.54) is 5.56 Å². The molecule has 1 aromatic heterocycles. The Kier molecular flexibility index (Phi) is 4.78. The van der Waals surface area contributed by atoms with E-state index < -0.39 is 0 Å². The van der Waals surface area contributed by atoms with Gasteiger partial charge in [0.15, 0.2) is 0 Å². The van der Waals surface area contributed by atoms with Gasteiger partial charge in [0.25, 0.3) is 0 Å². The number of nitrogens with one attached hydrogen (secondary N) is 1. The summed E-state index contributed by atoms with van der Waals surface area (Å²) in [5, 5.41) is 3.42. The van der Waals surface area contributed by atoms with Gasteiger partial charge in [-0.1, -0.05) is 12.1 Å². The van der Waals surface area contributed by atoms with Gasteiger partial charge in [0, 0.05) is 38.3 Å². The van der Waals surface area contributed by atoms with E-state index in [-0.39, 0.29) is 0 Å². The van der Waals surface area contributed by atoms with E-state index in [4.69, 9.17) is 4.74 Å². The van der Waals surface area contributed by atoms with E-state index in [1.807, 2.05) is 24.8 Å². The Balaban J connectivity index is 1.74. The zero-order chi connectivity index (χ0) is 12.6. The summed E-state index contributed by atoms with van der Waals surface area (Å²) in [7, 11) is 1.71. The molecular formula is C14H19N3O. The number of ether oxygens (including phenoxy) is 1. The minimum atomic E-state index is 0.657. The van der Waals surface area contributed by atoms with E-state index in [0.717, 1.165) is 25.2 Å². The van der Waals surface area contributed by atoms with Crippen molar-refractivity contribution in [3.63, 3.8) is 0 Å². The lowest BCUT2D eigenvalue weighted by Gasteiger charge is -2.08. The van der Waals surface area contributed by atoms with Gasteiger partial charge in [-0.3, -0.25) is 0 Å². The topological polar surface area (TPSA) is 39.1 Å². The van der Waals surface area contributed by atoms with Gasteiger partial charge in [0.05, 0.1) is 12.9 Å². The van der Waals surface area contributed by atoms with Crippen molar-refractivity contribution >= 4 is 5.69 Å². The fourth-order valence-corrected chi connectivity index (χ4v) is 1.85. The Morgan fingerprint density at radius 1 is 1.39 bits per heavy atom. The van der Waals surface area contributed by atoms with Gasteiger partial charge >= 0.3 is 0 Å². The summed E-state index contributed by atoms with van der Waals surface area (Å²) >= 11 is 0. The van der Waals surface area contributed by atoms with Crippen molar-refractivity contribution in [3.05, 3.63) is 48.5 Å². The van der Waals surface area contributed by atoms with Gasteiger partial charge in [-0.2, -0.15) is 0 Å². The highest BCUT2D eigenvalue weighted by atomic mass is 16.5. The number of methoxy groups -OCH3 is 1. The second-order valence-electron chi connectivity index (χ2n) is 4.21. The van der Waals surface area contributed by atoms with E-state index in [9.17, 15) is 0 Å². The molecule has 1 heterocycles. The third-order valence-corrected chi connectivity index (χ3v) is 2.72. The molecule has 18 heavy (non-hydrogen) atoms. The molecule has 0 radical (unpaired) electrons. The fourth-order valence-electron chi connectivity index (χ4n) is 1.85. The predicted molar refractivity (Wildman–Crippen MR) is 72.5 cm³/mol. The first-order chi connectivity index (χ1) is 8.88. The number of anilines is 1. The Bertz CT molecular complexity index is 454. The molecule has 0 fully saturated rings. The molecule has 4 nitrogen and oxygen atoms in total. The fraction of sp³-hybridized carbons (Fsp3) is 0.357. The SMILES string of the molecule is COCc1cccc(NCCCn2ccnc2)c1. The van der Waals surface area contributed by atoms with Crippen LogP contribution in [0.25, 0.3) is 0 Å². The van der Waals surface area contributed by atoms with Crippen LogP contribution in [0.1, 0.15) is 12.0 Å². The van der Waals surface area contributed by atoms with Crippen molar-refractivity contribution in [1.29, 1.82) is 0 Å². The van der Waals surface area contributed by atoms with Gasteiger partial charge in [-0.05, 0) is 24.1 Å². The number of benzene rings is 1. The van der Waals surface area contributed by atoms with E-state index in [2.05, 4.69) is 33.1 Å². The molecule has 96 valence electrons. The normalized spacial score (nSPS) is 10.5. The van der Waals surface area contributed by atoms with Crippen LogP contribution in [-0.4, -0.2) is 23.2 Å². The number of imidazole rings is 1. The van der Waals surface area contributed by atoms with Gasteiger partial charge in [0.2, 0.25) is 0 Å². The Morgan fingerprint density at radius 3 is 3.11 bits per heavy atom. The minimum Gasteiger partial charge on any atom is -0.385 e. The Morgan fingerprint density at radius 2 is 2.33 bits per heavy atom. The van der Waals surface area contributed by atoms with Crippen molar-refractivity contribution in [2.45, 2.75) is 19.6 Å². The van der Waals surface area contributed by atoms with Crippen LogP contribution in [0.4, 0.5) is 5.69 Å². The summed E-state index contributed by atoms with van der Waals surface area (Å²) in [6.07, 6.45) is 6.71. The van der Waals surface area contributed by atoms with Gasteiger partial charge in [-0.15, -0.1) is 0 Å². The summed E-state index contributed by atoms with van der Waals surface area (Å²) in [6.45, 7) is 2.60. The lowest BCUT2D eigenvalue weighted by Crippen LogP contribution is -2.06. The average Bonchev–Trinajstić information content (AvgIpc) is 2.89. The summed E-state index contributed by atoms with van der Waals surface area (Å²) < 4.78 is 7.21. The monoisotopic (exact) mass is 245 g/mol. The summed E-state index contributed by atoms with van der Waals surface area (Å²) in [4.78, 5) is 4.02. The summed E-state index contributed by atoms with van der Waals surface area (Å²) in [6, 6.07) is 8.32. The maximum atomic E-state index is 5.12. The van der Waals surface area contributed by atoms with Crippen molar-refractivity contribution in [2.24, 2.45) is 0 Å². The smallest absolute Gasteiger partial charge is 0.0945 e. The van der Waals surface area contributed by atoms with Crippen LogP contribution in [0.3, 0.4) is 0 Å². The van der Waals surface area contributed by atoms with E-state index in [1.54, 1.807) is 7.11 Å². The van der Waals surface area contributed by atoms with E-state index in [0.29, 0.717) is 6.61 Å². The molecule has 1 aromatic carbocycles. The number of hydrogen-bond acceptors (Lipinski definition) is 3. The van der Waals surface area contributed by atoms with Crippen LogP contribution in [-0.2, 0) is 17.9 Å². The zero-order valence-electron chi connectivity index (χ0n) is 10.7. The largest absolute Gasteiger partial charge is 0.385 e. The maximum Gasteiger partial charge on any atom is 0.0945 e. The number of rotatable bonds is 7. The van der Waals surface area contributed by atoms with Crippen molar-refractivity contribution in [2.75, 3.05) is 19.0 Å². The van der Waals surface area contributed by atoms with Gasteiger partial charge in [-0.25, -0.2) is 4.98 Å². The molecular weight excluding hydrogens is 226 g/mol. The molecule has 0 saturated heterocycles. The van der Waals surface area contributed by atoms with Crippen molar-refractivity contribution in [3.8, 4) is 0 Å². The zero-order valence-corrected chi connectivity index (χ0v) is 10.7. The average molecular weight is 245 g/mol. The van der Waals surface area contributed by atoms with Crippen LogP contribution in [0, 0.1) is 0 Å². The Labute approximate surface area is 108 Å².